The Morgan fingerprint density at radius 2 is 1.26 bits per heavy atom. The van der Waals surface area contributed by atoms with Gasteiger partial charge in [-0.15, -0.1) is 0 Å². The SMILES string of the molecule is O=Cc1ccc([N+](=O)[O-])cc1.O=Cc1ccccc1. The second kappa shape index (κ2) is 7.50. The molecule has 0 spiro atoms. The monoisotopic (exact) mass is 257 g/mol. The molecule has 0 radical (unpaired) electrons. The van der Waals surface area contributed by atoms with Crippen LogP contribution >= 0.6 is 0 Å². The first-order chi connectivity index (χ1) is 9.17. The number of aldehydes is 2. The van der Waals surface area contributed by atoms with Crippen LogP contribution in [-0.4, -0.2) is 17.5 Å². The van der Waals surface area contributed by atoms with Crippen LogP contribution in [0.2, 0.25) is 0 Å². The number of carbonyl (C=O) groups is 2. The lowest BCUT2D eigenvalue weighted by molar-refractivity contribution is -0.384. The molecule has 0 aliphatic carbocycles. The second-order valence-electron chi connectivity index (χ2n) is 3.50. The summed E-state index contributed by atoms with van der Waals surface area (Å²) < 4.78 is 0. The molecule has 96 valence electrons. The van der Waals surface area contributed by atoms with Crippen LogP contribution in [0.3, 0.4) is 0 Å². The van der Waals surface area contributed by atoms with Gasteiger partial charge in [0.1, 0.15) is 12.6 Å². The van der Waals surface area contributed by atoms with Crippen LogP contribution in [0, 0.1) is 10.1 Å². The van der Waals surface area contributed by atoms with E-state index in [2.05, 4.69) is 0 Å². The van der Waals surface area contributed by atoms with Crippen LogP contribution in [0.25, 0.3) is 0 Å². The molecule has 0 atom stereocenters. The molecule has 0 unspecified atom stereocenters. The number of nitro benzene ring substituents is 1. The van der Waals surface area contributed by atoms with Gasteiger partial charge in [-0.2, -0.15) is 0 Å². The maximum Gasteiger partial charge on any atom is 0.269 e. The molecule has 0 fully saturated rings. The number of non-ortho nitro benzene ring substituents is 1. The van der Waals surface area contributed by atoms with E-state index < -0.39 is 4.92 Å². The van der Waals surface area contributed by atoms with Gasteiger partial charge in [0.15, 0.2) is 0 Å². The van der Waals surface area contributed by atoms with Crippen LogP contribution in [0.15, 0.2) is 54.6 Å². The fourth-order valence-corrected chi connectivity index (χ4v) is 1.21. The van der Waals surface area contributed by atoms with Gasteiger partial charge in [0.05, 0.1) is 4.92 Å². The van der Waals surface area contributed by atoms with E-state index in [1.807, 2.05) is 18.2 Å². The zero-order chi connectivity index (χ0) is 14.1. The summed E-state index contributed by atoms with van der Waals surface area (Å²) >= 11 is 0. The third kappa shape index (κ3) is 4.91. The summed E-state index contributed by atoms with van der Waals surface area (Å²) in [6.45, 7) is 0. The molecule has 19 heavy (non-hydrogen) atoms. The molecular formula is C14H11NO4. The maximum absolute atomic E-state index is 10.1. The molecule has 5 heteroatoms. The predicted octanol–water partition coefficient (Wildman–Crippen LogP) is 2.91. The highest BCUT2D eigenvalue weighted by atomic mass is 16.6. The summed E-state index contributed by atoms with van der Waals surface area (Å²) in [6, 6.07) is 14.5. The largest absolute Gasteiger partial charge is 0.298 e. The summed E-state index contributed by atoms with van der Waals surface area (Å²) in [4.78, 5) is 29.7. The third-order valence-corrected chi connectivity index (χ3v) is 2.18. The zero-order valence-corrected chi connectivity index (χ0v) is 9.93. The fraction of sp³-hybridized carbons (Fsp3) is 0. The van der Waals surface area contributed by atoms with Crippen molar-refractivity contribution >= 4 is 18.3 Å². The second-order valence-corrected chi connectivity index (χ2v) is 3.50. The van der Waals surface area contributed by atoms with E-state index >= 15 is 0 Å². The van der Waals surface area contributed by atoms with Gasteiger partial charge in [0.2, 0.25) is 0 Å². The van der Waals surface area contributed by atoms with E-state index in [1.165, 1.54) is 24.3 Å². The summed E-state index contributed by atoms with van der Waals surface area (Å²) in [5.74, 6) is 0. The molecule has 0 heterocycles. The minimum atomic E-state index is -0.505. The number of rotatable bonds is 3. The van der Waals surface area contributed by atoms with Gasteiger partial charge in [0.25, 0.3) is 5.69 Å². The molecule has 2 aromatic rings. The van der Waals surface area contributed by atoms with Gasteiger partial charge in [-0.1, -0.05) is 30.3 Å². The number of hydrogen-bond donors (Lipinski definition) is 0. The van der Waals surface area contributed by atoms with Crippen molar-refractivity contribution in [1.82, 2.24) is 0 Å². The Balaban J connectivity index is 0.000000200. The standard InChI is InChI=1S/C7H5NO3.C7H6O/c9-5-6-1-3-7(4-2-6)8(10)11;8-6-7-4-2-1-3-5-7/h1-5H;1-6H. The van der Waals surface area contributed by atoms with Crippen molar-refractivity contribution in [2.24, 2.45) is 0 Å². The Labute approximate surface area is 109 Å². The van der Waals surface area contributed by atoms with Crippen LogP contribution in [0.1, 0.15) is 20.7 Å². The summed E-state index contributed by atoms with van der Waals surface area (Å²) in [5.41, 5.74) is 1.17. The zero-order valence-electron chi connectivity index (χ0n) is 9.93. The summed E-state index contributed by atoms with van der Waals surface area (Å²) in [7, 11) is 0. The molecule has 0 N–H and O–H groups in total. The normalized spacial score (nSPS) is 8.84. The molecule has 0 aliphatic heterocycles. The van der Waals surface area contributed by atoms with Crippen molar-refractivity contribution in [2.45, 2.75) is 0 Å². The molecule has 0 aromatic heterocycles. The fourth-order valence-electron chi connectivity index (χ4n) is 1.21. The van der Waals surface area contributed by atoms with Crippen molar-refractivity contribution in [3.63, 3.8) is 0 Å². The number of nitrogens with zero attached hydrogens (tertiary/aromatic N) is 1. The van der Waals surface area contributed by atoms with E-state index in [1.54, 1.807) is 12.1 Å². The highest BCUT2D eigenvalue weighted by Gasteiger charge is 2.02. The quantitative estimate of drug-likeness (QED) is 0.481. The van der Waals surface area contributed by atoms with Gasteiger partial charge in [0, 0.05) is 23.3 Å². The van der Waals surface area contributed by atoms with Crippen molar-refractivity contribution in [3.05, 3.63) is 75.8 Å². The van der Waals surface area contributed by atoms with E-state index in [-0.39, 0.29) is 5.69 Å². The highest BCUT2D eigenvalue weighted by Crippen LogP contribution is 2.09. The van der Waals surface area contributed by atoms with E-state index in [9.17, 15) is 19.7 Å². The molecular weight excluding hydrogens is 246 g/mol. The van der Waals surface area contributed by atoms with Crippen molar-refractivity contribution in [3.8, 4) is 0 Å². The molecule has 0 bridgehead atoms. The third-order valence-electron chi connectivity index (χ3n) is 2.18. The van der Waals surface area contributed by atoms with Crippen LogP contribution in [0.5, 0.6) is 0 Å². The number of hydrogen-bond acceptors (Lipinski definition) is 4. The molecule has 0 amide bonds. The predicted molar refractivity (Wildman–Crippen MR) is 70.3 cm³/mol. The number of nitro groups is 1. The smallest absolute Gasteiger partial charge is 0.269 e. The average molecular weight is 257 g/mol. The van der Waals surface area contributed by atoms with Crippen molar-refractivity contribution in [2.75, 3.05) is 0 Å². The summed E-state index contributed by atoms with van der Waals surface area (Å²) in [5, 5.41) is 10.1. The number of carbonyl (C=O) groups excluding carboxylic acids is 2. The Morgan fingerprint density at radius 1 is 0.789 bits per heavy atom. The van der Waals surface area contributed by atoms with Gasteiger partial charge >= 0.3 is 0 Å². The van der Waals surface area contributed by atoms with Gasteiger partial charge in [-0.3, -0.25) is 19.7 Å². The van der Waals surface area contributed by atoms with Gasteiger partial charge in [-0.05, 0) is 12.1 Å². The van der Waals surface area contributed by atoms with E-state index in [0.29, 0.717) is 11.8 Å². The first kappa shape index (κ1) is 14.2. The topological polar surface area (TPSA) is 77.3 Å². The molecule has 0 saturated heterocycles. The lowest BCUT2D eigenvalue weighted by atomic mass is 10.2. The first-order valence-electron chi connectivity index (χ1n) is 5.37. The molecule has 0 aliphatic rings. The molecule has 2 rings (SSSR count). The Hall–Kier alpha value is -2.82. The van der Waals surface area contributed by atoms with Crippen LogP contribution in [-0.2, 0) is 0 Å². The highest BCUT2D eigenvalue weighted by molar-refractivity contribution is 5.75. The summed E-state index contributed by atoms with van der Waals surface area (Å²) in [6.07, 6.45) is 1.48. The Kier molecular flexibility index (Phi) is 5.62. The van der Waals surface area contributed by atoms with Crippen molar-refractivity contribution < 1.29 is 14.5 Å². The lowest BCUT2D eigenvalue weighted by Crippen LogP contribution is -1.87. The first-order valence-corrected chi connectivity index (χ1v) is 5.37. The number of benzene rings is 2. The van der Waals surface area contributed by atoms with E-state index in [0.717, 1.165) is 11.8 Å². The van der Waals surface area contributed by atoms with Crippen LogP contribution < -0.4 is 0 Å². The Morgan fingerprint density at radius 3 is 1.63 bits per heavy atom. The molecule has 2 aromatic carbocycles. The van der Waals surface area contributed by atoms with Gasteiger partial charge in [-0.25, -0.2) is 0 Å². The minimum Gasteiger partial charge on any atom is -0.298 e. The Bertz CT molecular complexity index is 549. The van der Waals surface area contributed by atoms with E-state index in [4.69, 9.17) is 0 Å². The average Bonchev–Trinajstić information content (AvgIpc) is 2.48. The lowest BCUT2D eigenvalue weighted by Gasteiger charge is -1.89. The van der Waals surface area contributed by atoms with Gasteiger partial charge < -0.3 is 0 Å². The van der Waals surface area contributed by atoms with Crippen LogP contribution in [0.4, 0.5) is 5.69 Å². The minimum absolute atomic E-state index is 0.00407. The maximum atomic E-state index is 10.1. The molecule has 0 saturated carbocycles. The van der Waals surface area contributed by atoms with Crippen molar-refractivity contribution in [1.29, 1.82) is 0 Å². The molecule has 5 nitrogen and oxygen atoms in total.